The quantitative estimate of drug-likeness (QED) is 0.661. The Bertz CT molecular complexity index is 1150. The highest BCUT2D eigenvalue weighted by molar-refractivity contribution is 5.83. The molecule has 0 bridgehead atoms. The Morgan fingerprint density at radius 3 is 2.74 bits per heavy atom. The van der Waals surface area contributed by atoms with Gasteiger partial charge in [0.15, 0.2) is 0 Å². The molecule has 2 heterocycles. The number of ether oxygens (including phenoxy) is 1. The number of halogens is 3. The largest absolute Gasteiger partial charge is 0.573 e. The van der Waals surface area contributed by atoms with Gasteiger partial charge in [0.1, 0.15) is 5.75 Å². The van der Waals surface area contributed by atoms with E-state index in [1.165, 1.54) is 24.3 Å². The summed E-state index contributed by atoms with van der Waals surface area (Å²) in [5.41, 5.74) is 2.59. The Hall–Kier alpha value is -3.40. The van der Waals surface area contributed by atoms with Crippen LogP contribution >= 0.6 is 0 Å². The molecule has 1 saturated carbocycles. The van der Waals surface area contributed by atoms with Gasteiger partial charge in [-0.3, -0.25) is 4.79 Å². The Labute approximate surface area is 194 Å². The summed E-state index contributed by atoms with van der Waals surface area (Å²) in [4.78, 5) is 18.6. The third kappa shape index (κ3) is 4.63. The van der Waals surface area contributed by atoms with Crippen LogP contribution in [0, 0.1) is 5.41 Å². The molecule has 1 aliphatic heterocycles. The van der Waals surface area contributed by atoms with Crippen LogP contribution in [0.4, 0.5) is 13.2 Å². The van der Waals surface area contributed by atoms with Crippen molar-refractivity contribution in [3.8, 4) is 17.2 Å². The van der Waals surface area contributed by atoms with E-state index in [-0.39, 0.29) is 29.6 Å². The fourth-order valence-electron chi connectivity index (χ4n) is 4.61. The number of nitrogens with zero attached hydrogens (tertiary/aromatic N) is 3. The molecule has 0 radical (unpaired) electrons. The number of amides is 1. The fourth-order valence-corrected chi connectivity index (χ4v) is 4.61. The lowest BCUT2D eigenvalue weighted by Crippen LogP contribution is -2.30. The number of benzene rings is 1. The number of aliphatic hydroxyl groups is 1. The average Bonchev–Trinajstić information content (AvgIpc) is 3.46. The lowest BCUT2D eigenvalue weighted by Gasteiger charge is -2.24. The van der Waals surface area contributed by atoms with Crippen LogP contribution in [-0.4, -0.2) is 52.1 Å². The molecule has 1 aromatic heterocycles. The maximum Gasteiger partial charge on any atom is 0.573 e. The van der Waals surface area contributed by atoms with E-state index >= 15 is 0 Å². The van der Waals surface area contributed by atoms with Crippen molar-refractivity contribution in [1.82, 2.24) is 15.0 Å². The van der Waals surface area contributed by atoms with E-state index < -0.39 is 6.36 Å². The molecule has 0 unspecified atom stereocenters. The summed E-state index contributed by atoms with van der Waals surface area (Å²) >= 11 is 0. The normalized spacial score (nSPS) is 22.4. The molecule has 1 spiro atoms. The highest BCUT2D eigenvalue weighted by Gasteiger charge is 2.49. The van der Waals surface area contributed by atoms with Gasteiger partial charge < -0.3 is 19.3 Å². The zero-order valence-electron chi connectivity index (χ0n) is 18.6. The fraction of sp³-hybridized carbons (Fsp3) is 0.375. The summed E-state index contributed by atoms with van der Waals surface area (Å²) in [7, 11) is 0. The van der Waals surface area contributed by atoms with Crippen molar-refractivity contribution in [3.63, 3.8) is 0 Å². The second kappa shape index (κ2) is 9.09. The molecule has 1 N–H and O–H groups in total. The van der Waals surface area contributed by atoms with Gasteiger partial charge in [-0.25, -0.2) is 0 Å². The van der Waals surface area contributed by atoms with Crippen LogP contribution in [0.1, 0.15) is 32.0 Å². The Morgan fingerprint density at radius 2 is 2.09 bits per heavy atom. The Balaban J connectivity index is 1.61. The van der Waals surface area contributed by atoms with Gasteiger partial charge in [0.25, 0.3) is 5.89 Å². The third-order valence-corrected chi connectivity index (χ3v) is 6.22. The minimum atomic E-state index is -4.77. The number of alkyl halides is 3. The monoisotopic (exact) mass is 475 g/mol. The van der Waals surface area contributed by atoms with Crippen molar-refractivity contribution >= 4 is 11.5 Å². The molecule has 4 rings (SSSR count). The number of hydrogen-bond donors (Lipinski definition) is 1. The number of carbonyl (C=O) groups is 1. The summed E-state index contributed by atoms with van der Waals surface area (Å²) in [5.74, 6) is 0.138. The van der Waals surface area contributed by atoms with E-state index in [2.05, 4.69) is 21.5 Å². The van der Waals surface area contributed by atoms with Gasteiger partial charge in [-0.15, -0.1) is 13.2 Å². The second-order valence-corrected chi connectivity index (χ2v) is 8.36. The van der Waals surface area contributed by atoms with Crippen LogP contribution < -0.4 is 4.74 Å². The second-order valence-electron chi connectivity index (χ2n) is 8.36. The van der Waals surface area contributed by atoms with Gasteiger partial charge in [-0.1, -0.05) is 23.9 Å². The third-order valence-electron chi connectivity index (χ3n) is 6.22. The van der Waals surface area contributed by atoms with E-state index in [0.29, 0.717) is 37.3 Å². The highest BCUT2D eigenvalue weighted by Crippen LogP contribution is 2.53. The standard InChI is InChI=1S/C24H24F3N3O4/c1-3-4-19(18-9-10-23(15(18)2)13-20(32)30(14-23)11-12-31)21-28-22(34-29-21)16-5-7-17(8-6-16)33-24(25,26)27/h3-8,31H,2,9-14H2,1H3/b4-3-,19-18+/t23-/m0/s1. The molecule has 7 nitrogen and oxygen atoms in total. The topological polar surface area (TPSA) is 88.7 Å². The van der Waals surface area contributed by atoms with E-state index in [4.69, 9.17) is 4.52 Å². The lowest BCUT2D eigenvalue weighted by molar-refractivity contribution is -0.274. The van der Waals surface area contributed by atoms with Crippen LogP contribution in [0.15, 0.2) is 58.7 Å². The van der Waals surface area contributed by atoms with Gasteiger partial charge in [0, 0.05) is 36.1 Å². The SMILES string of the molecule is C=C1/C(=C(\C=C/C)c2noc(-c3ccc(OC(F)(F)F)cc3)n2)CC[C@@]12CC(=O)N(CCO)C2. The molecule has 1 amide bonds. The van der Waals surface area contributed by atoms with Crippen molar-refractivity contribution in [1.29, 1.82) is 0 Å². The van der Waals surface area contributed by atoms with Gasteiger partial charge in [0.05, 0.1) is 6.61 Å². The van der Waals surface area contributed by atoms with Crippen molar-refractivity contribution in [2.45, 2.75) is 32.5 Å². The van der Waals surface area contributed by atoms with Crippen molar-refractivity contribution in [2.75, 3.05) is 19.7 Å². The van der Waals surface area contributed by atoms with Crippen LogP contribution in [0.25, 0.3) is 17.0 Å². The van der Waals surface area contributed by atoms with Gasteiger partial charge in [-0.2, -0.15) is 4.98 Å². The Kier molecular flexibility index (Phi) is 6.35. The number of likely N-dealkylation sites (tertiary alicyclic amines) is 1. The first-order chi connectivity index (χ1) is 16.2. The number of hydrogen-bond acceptors (Lipinski definition) is 6. The van der Waals surface area contributed by atoms with Gasteiger partial charge >= 0.3 is 6.36 Å². The van der Waals surface area contributed by atoms with Gasteiger partial charge in [0.2, 0.25) is 11.7 Å². The predicted octanol–water partition coefficient (Wildman–Crippen LogP) is 4.53. The van der Waals surface area contributed by atoms with Crippen LogP contribution in [0.5, 0.6) is 5.75 Å². The first-order valence-electron chi connectivity index (χ1n) is 10.8. The number of aliphatic hydroxyl groups excluding tert-OH is 1. The first kappa shape index (κ1) is 23.7. The van der Waals surface area contributed by atoms with Crippen molar-refractivity contribution < 1.29 is 32.3 Å². The average molecular weight is 475 g/mol. The summed E-state index contributed by atoms with van der Waals surface area (Å²) in [6, 6.07) is 5.17. The maximum atomic E-state index is 12.4. The summed E-state index contributed by atoms with van der Waals surface area (Å²) in [5, 5.41) is 13.3. The predicted molar refractivity (Wildman–Crippen MR) is 117 cm³/mol. The molecule has 2 aromatic rings. The highest BCUT2D eigenvalue weighted by atomic mass is 19.4. The van der Waals surface area contributed by atoms with Crippen LogP contribution in [0.3, 0.4) is 0 Å². The van der Waals surface area contributed by atoms with E-state index in [0.717, 1.165) is 23.1 Å². The summed E-state index contributed by atoms with van der Waals surface area (Å²) < 4.78 is 46.4. The first-order valence-corrected chi connectivity index (χ1v) is 10.8. The zero-order chi connectivity index (χ0) is 24.5. The van der Waals surface area contributed by atoms with E-state index in [1.807, 2.05) is 19.1 Å². The minimum Gasteiger partial charge on any atom is -0.406 e. The minimum absolute atomic E-state index is 0.00355. The molecule has 2 aliphatic rings. The zero-order valence-corrected chi connectivity index (χ0v) is 18.6. The molecule has 1 saturated heterocycles. The molecule has 10 heteroatoms. The summed E-state index contributed by atoms with van der Waals surface area (Å²) in [6.45, 7) is 6.89. The molecule has 34 heavy (non-hydrogen) atoms. The lowest BCUT2D eigenvalue weighted by atomic mass is 9.81. The Morgan fingerprint density at radius 1 is 1.35 bits per heavy atom. The molecule has 1 aliphatic carbocycles. The van der Waals surface area contributed by atoms with Crippen molar-refractivity contribution in [3.05, 3.63) is 60.0 Å². The smallest absolute Gasteiger partial charge is 0.406 e. The van der Waals surface area contributed by atoms with Crippen LogP contribution in [-0.2, 0) is 4.79 Å². The maximum absolute atomic E-state index is 12.4. The number of carbonyl (C=O) groups excluding carboxylic acids is 1. The van der Waals surface area contributed by atoms with Crippen LogP contribution in [0.2, 0.25) is 0 Å². The number of rotatable bonds is 6. The number of aromatic nitrogens is 2. The molecule has 2 fully saturated rings. The van der Waals surface area contributed by atoms with Gasteiger partial charge in [-0.05, 0) is 55.2 Å². The van der Waals surface area contributed by atoms with Crippen molar-refractivity contribution in [2.24, 2.45) is 5.41 Å². The number of β-amino-alcohol motifs (C(OH)–C–C–N with tert-alkyl or cyclic N) is 1. The number of allylic oxidation sites excluding steroid dienone is 4. The molecular weight excluding hydrogens is 451 g/mol. The molecule has 180 valence electrons. The van der Waals surface area contributed by atoms with E-state index in [1.54, 1.807) is 4.90 Å². The van der Waals surface area contributed by atoms with E-state index in [9.17, 15) is 23.1 Å². The molecular formula is C24H24F3N3O4. The molecule has 1 aromatic carbocycles. The molecule has 1 atom stereocenters. The summed E-state index contributed by atoms with van der Waals surface area (Å²) in [6.07, 6.45) is 0.719.